The van der Waals surface area contributed by atoms with Crippen molar-refractivity contribution in [2.75, 3.05) is 0 Å². The molecule has 1 unspecified atom stereocenters. The van der Waals surface area contributed by atoms with Gasteiger partial charge in [-0.05, 0) is 36.8 Å². The average molecular weight is 276 g/mol. The number of aryl methyl sites for hydroxylation is 1. The molecule has 1 aromatic carbocycles. The molecule has 0 aliphatic heterocycles. The predicted octanol–water partition coefficient (Wildman–Crippen LogP) is 5.51. The van der Waals surface area contributed by atoms with Crippen LogP contribution in [0.15, 0.2) is 18.2 Å². The van der Waals surface area contributed by atoms with Crippen molar-refractivity contribution in [2.24, 2.45) is 5.92 Å². The number of aromatic amines is 1. The van der Waals surface area contributed by atoms with Gasteiger partial charge in [0.15, 0.2) is 0 Å². The van der Waals surface area contributed by atoms with Crippen LogP contribution in [0.25, 0.3) is 10.9 Å². The Labute approximate surface area is 120 Å². The quantitative estimate of drug-likeness (QED) is 0.709. The molecular weight excluding hydrogens is 254 g/mol. The number of benzene rings is 1. The first-order valence-electron chi connectivity index (χ1n) is 7.57. The van der Waals surface area contributed by atoms with Gasteiger partial charge in [0.1, 0.15) is 0 Å². The third-order valence-electron chi connectivity index (χ3n) is 4.49. The minimum atomic E-state index is 0.856. The smallest absolute Gasteiger partial charge is 0.0648 e. The summed E-state index contributed by atoms with van der Waals surface area (Å²) in [5.41, 5.74) is 4.10. The molecule has 2 aromatic rings. The summed E-state index contributed by atoms with van der Waals surface area (Å²) in [6, 6.07) is 6.26. The number of nitrogens with one attached hydrogen (secondary N) is 1. The number of fused-ring (bicyclic) bond motifs is 3. The van der Waals surface area contributed by atoms with Crippen molar-refractivity contribution in [3.8, 4) is 0 Å². The van der Waals surface area contributed by atoms with E-state index in [0.29, 0.717) is 0 Å². The van der Waals surface area contributed by atoms with E-state index >= 15 is 0 Å². The van der Waals surface area contributed by atoms with E-state index in [4.69, 9.17) is 11.6 Å². The molecule has 0 saturated heterocycles. The summed E-state index contributed by atoms with van der Waals surface area (Å²) >= 11 is 6.28. The van der Waals surface area contributed by atoms with Gasteiger partial charge in [0, 0.05) is 11.1 Å². The number of hydrogen-bond acceptors (Lipinski definition) is 0. The Morgan fingerprint density at radius 3 is 3.05 bits per heavy atom. The fraction of sp³-hybridized carbons (Fsp3) is 0.529. The Kier molecular flexibility index (Phi) is 3.83. The summed E-state index contributed by atoms with van der Waals surface area (Å²) in [6.45, 7) is 2.28. The van der Waals surface area contributed by atoms with Crippen LogP contribution in [0.4, 0.5) is 0 Å². The van der Waals surface area contributed by atoms with Crippen LogP contribution in [-0.4, -0.2) is 4.98 Å². The van der Waals surface area contributed by atoms with E-state index in [2.05, 4.69) is 24.0 Å². The lowest BCUT2D eigenvalue weighted by atomic mass is 9.83. The standard InChI is InChI=1S/C17H22ClN/c1-2-3-4-6-12-9-10-16-14(11-12)13-7-5-8-15(18)17(13)19-16/h5,7-8,12,19H,2-4,6,9-11H2,1H3. The molecule has 0 spiro atoms. The zero-order chi connectivity index (χ0) is 13.2. The topological polar surface area (TPSA) is 15.8 Å². The van der Waals surface area contributed by atoms with Gasteiger partial charge in [0.2, 0.25) is 0 Å². The zero-order valence-electron chi connectivity index (χ0n) is 11.6. The summed E-state index contributed by atoms with van der Waals surface area (Å²) in [5, 5.41) is 2.21. The molecule has 0 saturated carbocycles. The molecule has 1 atom stereocenters. The van der Waals surface area contributed by atoms with E-state index in [1.807, 2.05) is 6.07 Å². The van der Waals surface area contributed by atoms with Gasteiger partial charge < -0.3 is 4.98 Å². The van der Waals surface area contributed by atoms with Gasteiger partial charge in [-0.3, -0.25) is 0 Å². The van der Waals surface area contributed by atoms with Crippen LogP contribution < -0.4 is 0 Å². The second-order valence-electron chi connectivity index (χ2n) is 5.85. The highest BCUT2D eigenvalue weighted by Gasteiger charge is 2.22. The molecule has 102 valence electrons. The monoisotopic (exact) mass is 275 g/mol. The van der Waals surface area contributed by atoms with E-state index in [1.54, 1.807) is 0 Å². The van der Waals surface area contributed by atoms with Crippen LogP contribution in [-0.2, 0) is 12.8 Å². The van der Waals surface area contributed by atoms with Gasteiger partial charge in [-0.25, -0.2) is 0 Å². The number of H-pyrrole nitrogens is 1. The van der Waals surface area contributed by atoms with Gasteiger partial charge in [-0.15, -0.1) is 0 Å². The van der Waals surface area contributed by atoms with Crippen molar-refractivity contribution in [3.63, 3.8) is 0 Å². The Morgan fingerprint density at radius 2 is 2.21 bits per heavy atom. The first-order valence-corrected chi connectivity index (χ1v) is 7.95. The Balaban J connectivity index is 1.83. The predicted molar refractivity (Wildman–Crippen MR) is 83.0 cm³/mol. The van der Waals surface area contributed by atoms with Crippen molar-refractivity contribution < 1.29 is 0 Å². The molecule has 1 N–H and O–H groups in total. The highest BCUT2D eigenvalue weighted by atomic mass is 35.5. The molecule has 19 heavy (non-hydrogen) atoms. The van der Waals surface area contributed by atoms with Gasteiger partial charge >= 0.3 is 0 Å². The van der Waals surface area contributed by atoms with Gasteiger partial charge in [-0.1, -0.05) is 56.3 Å². The number of halogens is 1. The maximum atomic E-state index is 6.28. The molecular formula is C17H22ClN. The molecule has 3 rings (SSSR count). The Morgan fingerprint density at radius 1 is 1.32 bits per heavy atom. The highest BCUT2D eigenvalue weighted by molar-refractivity contribution is 6.35. The number of para-hydroxylation sites is 1. The number of aromatic nitrogens is 1. The van der Waals surface area contributed by atoms with Gasteiger partial charge in [-0.2, -0.15) is 0 Å². The molecule has 0 radical (unpaired) electrons. The van der Waals surface area contributed by atoms with Crippen LogP contribution in [0.3, 0.4) is 0 Å². The minimum absolute atomic E-state index is 0.856. The van der Waals surface area contributed by atoms with Crippen LogP contribution in [0, 0.1) is 5.92 Å². The molecule has 1 aliphatic rings. The van der Waals surface area contributed by atoms with Crippen molar-refractivity contribution >= 4 is 22.5 Å². The van der Waals surface area contributed by atoms with Crippen LogP contribution in [0.5, 0.6) is 0 Å². The van der Waals surface area contributed by atoms with Crippen molar-refractivity contribution in [1.29, 1.82) is 0 Å². The summed E-state index contributed by atoms with van der Waals surface area (Å²) in [4.78, 5) is 3.54. The van der Waals surface area contributed by atoms with E-state index in [-0.39, 0.29) is 0 Å². The first-order chi connectivity index (χ1) is 9.29. The first kappa shape index (κ1) is 13.1. The SMILES string of the molecule is CCCCCC1CCc2[nH]c3c(Cl)cccc3c2C1. The lowest BCUT2D eigenvalue weighted by molar-refractivity contribution is 0.408. The van der Waals surface area contributed by atoms with E-state index < -0.39 is 0 Å². The number of hydrogen-bond donors (Lipinski definition) is 1. The zero-order valence-corrected chi connectivity index (χ0v) is 12.4. The summed E-state index contributed by atoms with van der Waals surface area (Å²) < 4.78 is 0. The summed E-state index contributed by atoms with van der Waals surface area (Å²) in [7, 11) is 0. The van der Waals surface area contributed by atoms with Gasteiger partial charge in [0.05, 0.1) is 10.5 Å². The van der Waals surface area contributed by atoms with Crippen molar-refractivity contribution in [3.05, 3.63) is 34.5 Å². The Bertz CT molecular complexity index is 570. The maximum Gasteiger partial charge on any atom is 0.0648 e. The van der Waals surface area contributed by atoms with Crippen LogP contribution in [0.1, 0.15) is 50.3 Å². The minimum Gasteiger partial charge on any atom is -0.357 e. The largest absolute Gasteiger partial charge is 0.357 e. The summed E-state index contributed by atoms with van der Waals surface area (Å²) in [5.74, 6) is 0.872. The van der Waals surface area contributed by atoms with E-state index in [0.717, 1.165) is 16.5 Å². The van der Waals surface area contributed by atoms with E-state index in [9.17, 15) is 0 Å². The average Bonchev–Trinajstić information content (AvgIpc) is 2.79. The van der Waals surface area contributed by atoms with Crippen LogP contribution >= 0.6 is 11.6 Å². The molecule has 0 fully saturated rings. The number of rotatable bonds is 4. The molecule has 0 amide bonds. The summed E-state index contributed by atoms with van der Waals surface area (Å²) in [6.07, 6.45) is 9.24. The maximum absolute atomic E-state index is 6.28. The second-order valence-corrected chi connectivity index (χ2v) is 6.26. The molecule has 2 heteroatoms. The molecule has 1 nitrogen and oxygen atoms in total. The van der Waals surface area contributed by atoms with Crippen LogP contribution in [0.2, 0.25) is 5.02 Å². The normalized spacial score (nSPS) is 18.7. The molecule has 0 bridgehead atoms. The Hall–Kier alpha value is -0.950. The van der Waals surface area contributed by atoms with E-state index in [1.165, 1.54) is 61.6 Å². The lowest BCUT2D eigenvalue weighted by Crippen LogP contribution is -2.13. The molecule has 1 aliphatic carbocycles. The molecule has 1 aromatic heterocycles. The fourth-order valence-electron chi connectivity index (χ4n) is 3.41. The number of unbranched alkanes of at least 4 members (excludes halogenated alkanes) is 2. The highest BCUT2D eigenvalue weighted by Crippen LogP contribution is 2.35. The van der Waals surface area contributed by atoms with Gasteiger partial charge in [0.25, 0.3) is 0 Å². The van der Waals surface area contributed by atoms with Crippen molar-refractivity contribution in [2.45, 2.75) is 51.9 Å². The lowest BCUT2D eigenvalue weighted by Gasteiger charge is -2.22. The fourth-order valence-corrected chi connectivity index (χ4v) is 3.63. The third kappa shape index (κ3) is 2.53. The molecule has 1 heterocycles. The van der Waals surface area contributed by atoms with Crippen molar-refractivity contribution in [1.82, 2.24) is 4.98 Å². The third-order valence-corrected chi connectivity index (χ3v) is 4.81. The second kappa shape index (κ2) is 5.58.